The van der Waals surface area contributed by atoms with Crippen molar-refractivity contribution in [3.63, 3.8) is 0 Å². The molecule has 0 spiro atoms. The van der Waals surface area contributed by atoms with E-state index in [1.807, 2.05) is 30.0 Å². The van der Waals surface area contributed by atoms with Gasteiger partial charge in [0, 0.05) is 17.8 Å². The van der Waals surface area contributed by atoms with Crippen molar-refractivity contribution in [2.75, 3.05) is 0 Å². The highest BCUT2D eigenvalue weighted by atomic mass is 32.1. The highest BCUT2D eigenvalue weighted by molar-refractivity contribution is 7.10. The second-order valence-electron chi connectivity index (χ2n) is 5.64. The standard InChI is InChI=1S/C14H21N3OS/c1-10(2)8-17-12(15-9-16-17)7-14(4,18)13-11(3)5-6-19-13/h5-6,9-10,18H,7-8H2,1-4H3. The smallest absolute Gasteiger partial charge is 0.138 e. The minimum absolute atomic E-state index is 0.487. The maximum absolute atomic E-state index is 10.7. The fourth-order valence-electron chi connectivity index (χ4n) is 2.24. The molecule has 0 saturated carbocycles. The lowest BCUT2D eigenvalue weighted by molar-refractivity contribution is 0.0573. The Hall–Kier alpha value is -1.20. The van der Waals surface area contributed by atoms with Gasteiger partial charge in [-0.15, -0.1) is 11.3 Å². The Morgan fingerprint density at radius 2 is 2.21 bits per heavy atom. The van der Waals surface area contributed by atoms with E-state index in [9.17, 15) is 5.11 Å². The SMILES string of the molecule is Cc1ccsc1C(C)(O)Cc1ncnn1CC(C)C. The summed E-state index contributed by atoms with van der Waals surface area (Å²) >= 11 is 1.59. The van der Waals surface area contributed by atoms with Crippen molar-refractivity contribution >= 4 is 11.3 Å². The number of aliphatic hydroxyl groups is 1. The lowest BCUT2D eigenvalue weighted by Crippen LogP contribution is -2.26. The van der Waals surface area contributed by atoms with Gasteiger partial charge in [-0.2, -0.15) is 5.10 Å². The first kappa shape index (κ1) is 14.2. The van der Waals surface area contributed by atoms with Crippen molar-refractivity contribution in [3.05, 3.63) is 34.0 Å². The zero-order valence-electron chi connectivity index (χ0n) is 11.9. The second-order valence-corrected chi connectivity index (χ2v) is 6.55. The zero-order valence-corrected chi connectivity index (χ0v) is 12.7. The molecule has 0 fully saturated rings. The third-order valence-electron chi connectivity index (χ3n) is 3.09. The molecule has 19 heavy (non-hydrogen) atoms. The predicted molar refractivity (Wildman–Crippen MR) is 77.2 cm³/mol. The molecule has 2 aromatic rings. The lowest BCUT2D eigenvalue weighted by atomic mass is 9.97. The molecule has 1 N–H and O–H groups in total. The van der Waals surface area contributed by atoms with Gasteiger partial charge in [0.15, 0.2) is 0 Å². The fraction of sp³-hybridized carbons (Fsp3) is 0.571. The summed E-state index contributed by atoms with van der Waals surface area (Å²) < 4.78 is 1.89. The average Bonchev–Trinajstić information content (AvgIpc) is 2.88. The van der Waals surface area contributed by atoms with Crippen LogP contribution in [0.2, 0.25) is 0 Å². The van der Waals surface area contributed by atoms with Crippen LogP contribution in [0.5, 0.6) is 0 Å². The molecule has 1 unspecified atom stereocenters. The summed E-state index contributed by atoms with van der Waals surface area (Å²) in [6.07, 6.45) is 2.05. The van der Waals surface area contributed by atoms with Crippen LogP contribution >= 0.6 is 11.3 Å². The molecule has 2 rings (SSSR count). The van der Waals surface area contributed by atoms with Crippen LogP contribution in [0.1, 0.15) is 37.0 Å². The first-order valence-corrected chi connectivity index (χ1v) is 7.41. The van der Waals surface area contributed by atoms with Crippen molar-refractivity contribution in [2.24, 2.45) is 5.92 Å². The van der Waals surface area contributed by atoms with Gasteiger partial charge < -0.3 is 5.11 Å². The number of aryl methyl sites for hydroxylation is 1. The Labute approximate surface area is 118 Å². The Balaban J connectivity index is 2.21. The molecular formula is C14H21N3OS. The topological polar surface area (TPSA) is 50.9 Å². The Bertz CT molecular complexity index is 542. The zero-order chi connectivity index (χ0) is 14.0. The van der Waals surface area contributed by atoms with Gasteiger partial charge in [0.1, 0.15) is 17.8 Å². The minimum Gasteiger partial charge on any atom is -0.384 e. The van der Waals surface area contributed by atoms with E-state index < -0.39 is 5.60 Å². The normalized spacial score (nSPS) is 14.8. The van der Waals surface area contributed by atoms with Gasteiger partial charge in [-0.3, -0.25) is 0 Å². The molecule has 1 atom stereocenters. The van der Waals surface area contributed by atoms with E-state index in [4.69, 9.17) is 0 Å². The van der Waals surface area contributed by atoms with E-state index in [0.29, 0.717) is 12.3 Å². The molecule has 0 amide bonds. The van der Waals surface area contributed by atoms with Crippen LogP contribution in [0.25, 0.3) is 0 Å². The molecule has 5 heteroatoms. The summed E-state index contributed by atoms with van der Waals surface area (Å²) in [4.78, 5) is 5.30. The first-order chi connectivity index (χ1) is 8.90. The minimum atomic E-state index is -0.889. The molecule has 0 saturated heterocycles. The van der Waals surface area contributed by atoms with Gasteiger partial charge >= 0.3 is 0 Å². The number of aromatic nitrogens is 3. The van der Waals surface area contributed by atoms with E-state index in [1.165, 1.54) is 0 Å². The fourth-order valence-corrected chi connectivity index (χ4v) is 3.22. The predicted octanol–water partition coefficient (Wildman–Crippen LogP) is 2.75. The van der Waals surface area contributed by atoms with Crippen LogP contribution in [0.15, 0.2) is 17.8 Å². The quantitative estimate of drug-likeness (QED) is 0.915. The first-order valence-electron chi connectivity index (χ1n) is 6.54. The summed E-state index contributed by atoms with van der Waals surface area (Å²) in [7, 11) is 0. The molecule has 104 valence electrons. The monoisotopic (exact) mass is 279 g/mol. The lowest BCUT2D eigenvalue weighted by Gasteiger charge is -2.23. The number of hydrogen-bond acceptors (Lipinski definition) is 4. The van der Waals surface area contributed by atoms with Crippen molar-refractivity contribution in [1.82, 2.24) is 14.8 Å². The van der Waals surface area contributed by atoms with Crippen LogP contribution in [-0.2, 0) is 18.6 Å². The van der Waals surface area contributed by atoms with Gasteiger partial charge in [0.05, 0.1) is 0 Å². The molecule has 0 aliphatic heterocycles. The molecule has 0 aliphatic carbocycles. The number of hydrogen-bond donors (Lipinski definition) is 1. The van der Waals surface area contributed by atoms with Gasteiger partial charge in [-0.25, -0.2) is 9.67 Å². The van der Waals surface area contributed by atoms with Gasteiger partial charge in [-0.05, 0) is 36.8 Å². The van der Waals surface area contributed by atoms with Gasteiger partial charge in [0.2, 0.25) is 0 Å². The largest absolute Gasteiger partial charge is 0.384 e. The Kier molecular flexibility index (Phi) is 4.06. The van der Waals surface area contributed by atoms with E-state index in [-0.39, 0.29) is 0 Å². The third-order valence-corrected chi connectivity index (χ3v) is 4.36. The molecule has 0 radical (unpaired) electrons. The molecular weight excluding hydrogens is 258 g/mol. The Morgan fingerprint density at radius 1 is 1.47 bits per heavy atom. The molecule has 4 nitrogen and oxygen atoms in total. The highest BCUT2D eigenvalue weighted by Gasteiger charge is 2.29. The van der Waals surface area contributed by atoms with Crippen LogP contribution in [0.4, 0.5) is 0 Å². The third kappa shape index (κ3) is 3.22. The molecule has 0 bridgehead atoms. The van der Waals surface area contributed by atoms with Crippen molar-refractivity contribution in [2.45, 2.75) is 46.3 Å². The molecule has 0 aromatic carbocycles. The summed E-state index contributed by atoms with van der Waals surface area (Å²) in [6.45, 7) is 8.99. The number of thiophene rings is 1. The summed E-state index contributed by atoms with van der Waals surface area (Å²) in [5.74, 6) is 1.35. The highest BCUT2D eigenvalue weighted by Crippen LogP contribution is 2.31. The van der Waals surface area contributed by atoms with Gasteiger partial charge in [0.25, 0.3) is 0 Å². The van der Waals surface area contributed by atoms with Crippen molar-refractivity contribution in [3.8, 4) is 0 Å². The summed E-state index contributed by atoms with van der Waals surface area (Å²) in [5.41, 5.74) is 0.241. The van der Waals surface area contributed by atoms with E-state index in [0.717, 1.165) is 22.8 Å². The van der Waals surface area contributed by atoms with E-state index in [2.05, 4.69) is 23.9 Å². The number of nitrogens with zero attached hydrogens (tertiary/aromatic N) is 3. The molecule has 0 aliphatic rings. The van der Waals surface area contributed by atoms with Crippen molar-refractivity contribution in [1.29, 1.82) is 0 Å². The van der Waals surface area contributed by atoms with Crippen LogP contribution in [0.3, 0.4) is 0 Å². The summed E-state index contributed by atoms with van der Waals surface area (Å²) in [5, 5.41) is 17.0. The molecule has 2 heterocycles. The Morgan fingerprint density at radius 3 is 2.79 bits per heavy atom. The average molecular weight is 279 g/mol. The van der Waals surface area contributed by atoms with Crippen LogP contribution in [0, 0.1) is 12.8 Å². The van der Waals surface area contributed by atoms with Crippen molar-refractivity contribution < 1.29 is 5.11 Å². The second kappa shape index (κ2) is 5.43. The molecule has 2 aromatic heterocycles. The van der Waals surface area contributed by atoms with E-state index >= 15 is 0 Å². The maximum Gasteiger partial charge on any atom is 0.138 e. The number of rotatable bonds is 5. The van der Waals surface area contributed by atoms with Crippen LogP contribution < -0.4 is 0 Å². The summed E-state index contributed by atoms with van der Waals surface area (Å²) in [6, 6.07) is 2.04. The van der Waals surface area contributed by atoms with E-state index in [1.54, 1.807) is 17.7 Å². The van der Waals surface area contributed by atoms with Gasteiger partial charge in [-0.1, -0.05) is 13.8 Å². The van der Waals surface area contributed by atoms with Crippen LogP contribution in [-0.4, -0.2) is 19.9 Å². The maximum atomic E-state index is 10.7.